The topological polar surface area (TPSA) is 61.6 Å². The quantitative estimate of drug-likeness (QED) is 0.275. The molecule has 0 saturated carbocycles. The molecule has 0 bridgehead atoms. The molecule has 40 heavy (non-hydrogen) atoms. The number of imidazole rings is 1. The summed E-state index contributed by atoms with van der Waals surface area (Å²) in [5.74, 6) is -0.0991. The summed E-state index contributed by atoms with van der Waals surface area (Å²) >= 11 is 6.09. The van der Waals surface area contributed by atoms with Gasteiger partial charge in [0.2, 0.25) is 0 Å². The number of hydrogen-bond donors (Lipinski definition) is 1. The molecule has 0 atom stereocenters. The zero-order chi connectivity index (χ0) is 28.0. The fourth-order valence-electron chi connectivity index (χ4n) is 5.93. The first kappa shape index (κ1) is 28.1. The summed E-state index contributed by atoms with van der Waals surface area (Å²) in [6, 6.07) is 29.3. The Hall–Kier alpha value is -3.45. The maximum Gasteiger partial charge on any atom is 0.272 e. The van der Waals surface area contributed by atoms with E-state index in [4.69, 9.17) is 16.6 Å². The highest BCUT2D eigenvalue weighted by molar-refractivity contribution is 6.30. The lowest BCUT2D eigenvalue weighted by molar-refractivity contribution is 0.0718. The minimum Gasteiger partial charge on any atom is -0.395 e. The van der Waals surface area contributed by atoms with Crippen molar-refractivity contribution in [2.45, 2.75) is 38.3 Å². The van der Waals surface area contributed by atoms with Gasteiger partial charge in [0, 0.05) is 36.6 Å². The van der Waals surface area contributed by atoms with Crippen LogP contribution in [-0.4, -0.2) is 63.2 Å². The van der Waals surface area contributed by atoms with Gasteiger partial charge in [-0.1, -0.05) is 84.4 Å². The molecule has 1 fully saturated rings. The predicted octanol–water partition coefficient (Wildman–Crippen LogP) is 5.62. The van der Waals surface area contributed by atoms with Crippen LogP contribution in [0, 0.1) is 0 Å². The molecule has 2 heterocycles. The summed E-state index contributed by atoms with van der Waals surface area (Å²) in [4.78, 5) is 22.6. The number of halogens is 1. The Morgan fingerprint density at radius 3 is 2.08 bits per heavy atom. The lowest BCUT2D eigenvalue weighted by Gasteiger charge is -2.43. The summed E-state index contributed by atoms with van der Waals surface area (Å²) in [5, 5.41) is 10.3. The van der Waals surface area contributed by atoms with Crippen molar-refractivity contribution in [3.05, 3.63) is 124 Å². The van der Waals surface area contributed by atoms with Gasteiger partial charge >= 0.3 is 0 Å². The van der Waals surface area contributed by atoms with Crippen molar-refractivity contribution in [2.24, 2.45) is 0 Å². The molecule has 1 aromatic heterocycles. The van der Waals surface area contributed by atoms with Gasteiger partial charge in [-0.3, -0.25) is 9.69 Å². The Morgan fingerprint density at radius 1 is 0.925 bits per heavy atom. The van der Waals surface area contributed by atoms with E-state index in [2.05, 4.69) is 65.6 Å². The molecular weight excluding hydrogens is 520 g/mol. The predicted molar refractivity (Wildman–Crippen MR) is 160 cm³/mol. The van der Waals surface area contributed by atoms with Crippen LogP contribution < -0.4 is 0 Å². The number of likely N-dealkylation sites (N-methyl/N-ethyl adjacent to an activating group) is 1. The number of amides is 1. The average Bonchev–Trinajstić information content (AvgIpc) is 3.39. The molecule has 1 aliphatic rings. The number of likely N-dealkylation sites (tertiary alicyclic amines) is 1. The Labute approximate surface area is 241 Å². The second kappa shape index (κ2) is 12.8. The highest BCUT2D eigenvalue weighted by Crippen LogP contribution is 2.42. The van der Waals surface area contributed by atoms with Crippen molar-refractivity contribution < 1.29 is 9.90 Å². The monoisotopic (exact) mass is 556 g/mol. The first-order chi connectivity index (χ1) is 19.5. The fourth-order valence-corrected chi connectivity index (χ4v) is 6.06. The van der Waals surface area contributed by atoms with Crippen molar-refractivity contribution in [3.63, 3.8) is 0 Å². The number of rotatable bonds is 10. The lowest BCUT2D eigenvalue weighted by Crippen LogP contribution is -2.43. The van der Waals surface area contributed by atoms with Crippen LogP contribution in [0.2, 0.25) is 5.02 Å². The van der Waals surface area contributed by atoms with E-state index in [0.717, 1.165) is 37.2 Å². The van der Waals surface area contributed by atoms with E-state index in [1.165, 1.54) is 11.1 Å². The van der Waals surface area contributed by atoms with Crippen LogP contribution in [0.1, 0.15) is 52.6 Å². The number of aromatic nitrogens is 2. The van der Waals surface area contributed by atoms with Gasteiger partial charge in [0.1, 0.15) is 5.69 Å². The number of aliphatic hydroxyl groups excluding tert-OH is 1. The van der Waals surface area contributed by atoms with Crippen molar-refractivity contribution >= 4 is 17.5 Å². The van der Waals surface area contributed by atoms with Gasteiger partial charge in [-0.25, -0.2) is 4.98 Å². The molecule has 0 radical (unpaired) electrons. The standard InChI is InChI=1S/C33H37ClN4O2/c1-2-37(21-22-39)32(40)31-30(35-25-38(31)23-26-13-15-29(34)16-14-26)24-36-19-17-33(18-20-36,27-9-5-3-6-10-27)28-11-7-4-8-12-28/h3-16,25,39H,2,17-24H2,1H3. The third-order valence-corrected chi connectivity index (χ3v) is 8.41. The van der Waals surface area contributed by atoms with Crippen molar-refractivity contribution in [1.29, 1.82) is 0 Å². The number of benzene rings is 3. The molecule has 1 N–H and O–H groups in total. The minimum atomic E-state index is -0.0991. The van der Waals surface area contributed by atoms with Crippen molar-refractivity contribution in [3.8, 4) is 0 Å². The van der Waals surface area contributed by atoms with E-state index >= 15 is 0 Å². The van der Waals surface area contributed by atoms with Gasteiger partial charge in [-0.05, 0) is 61.7 Å². The average molecular weight is 557 g/mol. The zero-order valence-corrected chi connectivity index (χ0v) is 23.8. The second-order valence-electron chi connectivity index (χ2n) is 10.5. The third-order valence-electron chi connectivity index (χ3n) is 8.16. The van der Waals surface area contributed by atoms with Crippen LogP contribution in [0.3, 0.4) is 0 Å². The summed E-state index contributed by atoms with van der Waals surface area (Å²) in [7, 11) is 0. The van der Waals surface area contributed by atoms with Crippen molar-refractivity contribution in [1.82, 2.24) is 19.4 Å². The molecular formula is C33H37ClN4O2. The molecule has 1 saturated heterocycles. The summed E-state index contributed by atoms with van der Waals surface area (Å²) in [6.45, 7) is 5.59. The molecule has 0 unspecified atom stereocenters. The van der Waals surface area contributed by atoms with Crippen molar-refractivity contribution in [2.75, 3.05) is 32.8 Å². The van der Waals surface area contributed by atoms with E-state index in [9.17, 15) is 9.90 Å². The van der Waals surface area contributed by atoms with E-state index < -0.39 is 0 Å². The summed E-state index contributed by atoms with van der Waals surface area (Å²) in [6.07, 6.45) is 3.74. The van der Waals surface area contributed by atoms with Gasteiger partial charge in [0.15, 0.2) is 0 Å². The maximum atomic E-state index is 13.7. The smallest absolute Gasteiger partial charge is 0.272 e. The minimum absolute atomic E-state index is 0.0360. The Bertz CT molecular complexity index is 1340. The Kier molecular flexibility index (Phi) is 9.00. The zero-order valence-electron chi connectivity index (χ0n) is 23.0. The normalized spacial score (nSPS) is 15.2. The van der Waals surface area contributed by atoms with Crippen LogP contribution in [0.4, 0.5) is 0 Å². The number of piperidine rings is 1. The van der Waals surface area contributed by atoms with Gasteiger partial charge in [-0.2, -0.15) is 0 Å². The summed E-state index contributed by atoms with van der Waals surface area (Å²) < 4.78 is 1.93. The number of hydrogen-bond acceptors (Lipinski definition) is 4. The number of carbonyl (C=O) groups is 1. The molecule has 208 valence electrons. The van der Waals surface area contributed by atoms with Crippen LogP contribution in [0.15, 0.2) is 91.3 Å². The summed E-state index contributed by atoms with van der Waals surface area (Å²) in [5.41, 5.74) is 5.08. The highest BCUT2D eigenvalue weighted by atomic mass is 35.5. The van der Waals surface area contributed by atoms with Crippen LogP contribution >= 0.6 is 11.6 Å². The molecule has 0 aliphatic carbocycles. The first-order valence-electron chi connectivity index (χ1n) is 14.1. The highest BCUT2D eigenvalue weighted by Gasteiger charge is 2.38. The van der Waals surface area contributed by atoms with E-state index in [1.54, 1.807) is 11.2 Å². The van der Waals surface area contributed by atoms with E-state index in [1.807, 2.05) is 35.8 Å². The molecule has 7 heteroatoms. The number of aliphatic hydroxyl groups is 1. The SMILES string of the molecule is CCN(CCO)C(=O)c1c(CN2CCC(c3ccccc3)(c3ccccc3)CC2)ncn1Cc1ccc(Cl)cc1. The maximum absolute atomic E-state index is 13.7. The largest absolute Gasteiger partial charge is 0.395 e. The molecule has 4 aromatic rings. The van der Waals surface area contributed by atoms with E-state index in [0.29, 0.717) is 36.9 Å². The first-order valence-corrected chi connectivity index (χ1v) is 14.4. The van der Waals surface area contributed by atoms with Gasteiger partial charge in [0.05, 0.1) is 18.6 Å². The second-order valence-corrected chi connectivity index (χ2v) is 10.9. The number of carbonyl (C=O) groups excluding carboxylic acids is 1. The molecule has 1 aliphatic heterocycles. The Balaban J connectivity index is 1.40. The molecule has 6 nitrogen and oxygen atoms in total. The van der Waals surface area contributed by atoms with Crippen LogP contribution in [0.5, 0.6) is 0 Å². The molecule has 0 spiro atoms. The van der Waals surface area contributed by atoms with Gasteiger partial charge in [-0.15, -0.1) is 0 Å². The fraction of sp³-hybridized carbons (Fsp3) is 0.333. The van der Waals surface area contributed by atoms with Crippen LogP contribution in [-0.2, 0) is 18.5 Å². The van der Waals surface area contributed by atoms with Gasteiger partial charge in [0.25, 0.3) is 5.91 Å². The molecule has 1 amide bonds. The van der Waals surface area contributed by atoms with Gasteiger partial charge < -0.3 is 14.6 Å². The van der Waals surface area contributed by atoms with E-state index in [-0.39, 0.29) is 17.9 Å². The van der Waals surface area contributed by atoms with Crippen LogP contribution in [0.25, 0.3) is 0 Å². The third kappa shape index (κ3) is 5.99. The lowest BCUT2D eigenvalue weighted by atomic mass is 9.68. The molecule has 5 rings (SSSR count). The molecule has 3 aromatic carbocycles. The number of nitrogens with zero attached hydrogens (tertiary/aromatic N) is 4. The Morgan fingerprint density at radius 2 is 1.52 bits per heavy atom.